The van der Waals surface area contributed by atoms with Crippen molar-refractivity contribution in [3.63, 3.8) is 0 Å². The van der Waals surface area contributed by atoms with Crippen molar-refractivity contribution in [3.8, 4) is 0 Å². The number of aromatic nitrogens is 4. The number of unbranched alkanes of at least 4 members (excludes halogenated alkanes) is 3. The zero-order valence-electron chi connectivity index (χ0n) is 23.0. The summed E-state index contributed by atoms with van der Waals surface area (Å²) >= 11 is 0. The summed E-state index contributed by atoms with van der Waals surface area (Å²) in [4.78, 5) is 53.3. The van der Waals surface area contributed by atoms with Gasteiger partial charge in [0, 0.05) is 52.5 Å². The number of hydrogen-bond donors (Lipinski definition) is 3. The highest BCUT2D eigenvalue weighted by molar-refractivity contribution is 7.45. The molecule has 0 saturated heterocycles. The molecular formula is C25H35N7O7P-. The van der Waals surface area contributed by atoms with Crippen LogP contribution < -0.4 is 20.8 Å². The van der Waals surface area contributed by atoms with Gasteiger partial charge in [-0.2, -0.15) is 0 Å². The highest BCUT2D eigenvalue weighted by Crippen LogP contribution is 2.37. The maximum absolute atomic E-state index is 12.9. The van der Waals surface area contributed by atoms with Gasteiger partial charge in [-0.3, -0.25) is 18.9 Å². The number of aryl methyl sites for hydroxylation is 3. The number of rotatable bonds is 15. The van der Waals surface area contributed by atoms with Gasteiger partial charge in [0.05, 0.1) is 24.6 Å². The van der Waals surface area contributed by atoms with Crippen LogP contribution in [-0.2, 0) is 34.8 Å². The van der Waals surface area contributed by atoms with E-state index in [4.69, 9.17) is 4.52 Å². The predicted octanol–water partition coefficient (Wildman–Crippen LogP) is 2.41. The Bertz CT molecular complexity index is 1380. The van der Waals surface area contributed by atoms with Crippen molar-refractivity contribution < 1.29 is 32.9 Å². The summed E-state index contributed by atoms with van der Waals surface area (Å²) in [6, 6.07) is 3.13. The Labute approximate surface area is 232 Å². The molecule has 3 amide bonds. The van der Waals surface area contributed by atoms with Gasteiger partial charge in [-0.05, 0) is 31.9 Å². The number of carbonyl (C=O) groups is 3. The van der Waals surface area contributed by atoms with Crippen LogP contribution in [0.25, 0.3) is 0 Å². The molecule has 0 aliphatic heterocycles. The van der Waals surface area contributed by atoms with E-state index in [1.54, 1.807) is 72.5 Å². The van der Waals surface area contributed by atoms with Gasteiger partial charge in [-0.25, -0.2) is 4.98 Å². The molecule has 1 unspecified atom stereocenters. The second-order valence-corrected chi connectivity index (χ2v) is 10.5. The Morgan fingerprint density at radius 1 is 0.875 bits per heavy atom. The molecular weight excluding hydrogens is 541 g/mol. The molecule has 1 atom stereocenters. The Balaban J connectivity index is 1.44. The van der Waals surface area contributed by atoms with E-state index < -0.39 is 19.6 Å². The number of phosphoric ester groups is 1. The van der Waals surface area contributed by atoms with Crippen LogP contribution in [0.2, 0.25) is 0 Å². The normalized spacial score (nSPS) is 12.6. The van der Waals surface area contributed by atoms with Gasteiger partial charge in [0.2, 0.25) is 0 Å². The van der Waals surface area contributed by atoms with E-state index in [9.17, 15) is 23.8 Å². The lowest BCUT2D eigenvalue weighted by atomic mass is 10.2. The zero-order chi connectivity index (χ0) is 29.3. The Hall–Kier alpha value is -3.71. The summed E-state index contributed by atoms with van der Waals surface area (Å²) in [5.74, 6) is -0.846. The number of anilines is 2. The molecule has 3 N–H and O–H groups in total. The first-order valence-electron chi connectivity index (χ1n) is 12.8. The molecule has 0 radical (unpaired) electrons. The number of imidazole rings is 1. The Morgan fingerprint density at radius 3 is 2.08 bits per heavy atom. The van der Waals surface area contributed by atoms with Gasteiger partial charge >= 0.3 is 0 Å². The van der Waals surface area contributed by atoms with Gasteiger partial charge in [-0.1, -0.05) is 12.8 Å². The predicted molar refractivity (Wildman–Crippen MR) is 146 cm³/mol. The average molecular weight is 577 g/mol. The SMILES string of the molecule is CCOP(=O)([O-])OCCCCCCNC(=O)c1cc(NC(=O)c2cc(NC(=O)c3nccn3C)cn2C)cn1C. The molecule has 3 heterocycles. The topological polar surface area (TPSA) is 174 Å². The quantitative estimate of drug-likeness (QED) is 0.183. The maximum Gasteiger partial charge on any atom is 0.291 e. The first-order chi connectivity index (χ1) is 19.0. The second-order valence-electron chi connectivity index (χ2n) is 9.09. The third kappa shape index (κ3) is 8.65. The lowest BCUT2D eigenvalue weighted by Gasteiger charge is -2.21. The fourth-order valence-corrected chi connectivity index (χ4v) is 4.67. The van der Waals surface area contributed by atoms with Gasteiger partial charge < -0.3 is 43.6 Å². The first-order valence-corrected chi connectivity index (χ1v) is 14.3. The van der Waals surface area contributed by atoms with Crippen LogP contribution in [0.3, 0.4) is 0 Å². The summed E-state index contributed by atoms with van der Waals surface area (Å²) in [5.41, 5.74) is 1.57. The molecule has 3 aromatic heterocycles. The summed E-state index contributed by atoms with van der Waals surface area (Å²) < 4.78 is 25.4. The molecule has 40 heavy (non-hydrogen) atoms. The van der Waals surface area contributed by atoms with Gasteiger partial charge in [0.15, 0.2) is 5.82 Å². The minimum Gasteiger partial charge on any atom is -0.756 e. The summed E-state index contributed by atoms with van der Waals surface area (Å²) in [5, 5.41) is 8.35. The largest absolute Gasteiger partial charge is 0.756 e. The summed E-state index contributed by atoms with van der Waals surface area (Å²) in [6.45, 7) is 2.12. The fourth-order valence-electron chi connectivity index (χ4n) is 3.93. The highest BCUT2D eigenvalue weighted by atomic mass is 31.2. The number of hydrogen-bond acceptors (Lipinski definition) is 8. The fraction of sp³-hybridized carbons (Fsp3) is 0.440. The van der Waals surface area contributed by atoms with E-state index >= 15 is 0 Å². The molecule has 0 spiro atoms. The smallest absolute Gasteiger partial charge is 0.291 e. The third-order valence-corrected chi connectivity index (χ3v) is 6.98. The lowest BCUT2D eigenvalue weighted by molar-refractivity contribution is -0.225. The first kappa shape index (κ1) is 30.8. The van der Waals surface area contributed by atoms with E-state index in [-0.39, 0.29) is 24.9 Å². The van der Waals surface area contributed by atoms with Crippen molar-refractivity contribution in [2.24, 2.45) is 21.1 Å². The Kier molecular flexibility index (Phi) is 10.8. The standard InChI is InChI=1S/C25H36N7O7P/c1-5-38-40(36,37)39-13-9-7-6-8-10-27-23(33)20-14-18(16-31(20)3)28-24(34)21-15-19(17-32(21)4)29-25(35)22-26-11-12-30(22)2/h11-12,14-17H,5-10,13H2,1-4H3,(H,27,33)(H,28,34)(H,29,35)(H,36,37)/p-1. The summed E-state index contributed by atoms with van der Waals surface area (Å²) in [6.07, 6.45) is 9.25. The number of amides is 3. The number of carbonyl (C=O) groups excluding carboxylic acids is 3. The van der Waals surface area contributed by atoms with E-state index in [1.807, 2.05) is 0 Å². The van der Waals surface area contributed by atoms with E-state index in [1.165, 1.54) is 6.20 Å². The van der Waals surface area contributed by atoms with Gasteiger partial charge in [0.1, 0.15) is 11.4 Å². The molecule has 0 saturated carbocycles. The van der Waals surface area contributed by atoms with E-state index in [0.717, 1.165) is 12.8 Å². The van der Waals surface area contributed by atoms with Gasteiger partial charge in [-0.15, -0.1) is 0 Å². The molecule has 218 valence electrons. The van der Waals surface area contributed by atoms with Crippen molar-refractivity contribution >= 4 is 36.9 Å². The molecule has 3 rings (SSSR count). The Morgan fingerprint density at radius 2 is 1.48 bits per heavy atom. The molecule has 0 bridgehead atoms. The van der Waals surface area contributed by atoms with Crippen molar-refractivity contribution in [3.05, 3.63) is 54.1 Å². The van der Waals surface area contributed by atoms with Crippen LogP contribution in [-0.4, -0.2) is 56.2 Å². The zero-order valence-corrected chi connectivity index (χ0v) is 23.9. The monoisotopic (exact) mass is 576 g/mol. The van der Waals surface area contributed by atoms with Crippen LogP contribution in [0.5, 0.6) is 0 Å². The highest BCUT2D eigenvalue weighted by Gasteiger charge is 2.18. The van der Waals surface area contributed by atoms with Crippen LogP contribution >= 0.6 is 7.82 Å². The van der Waals surface area contributed by atoms with Crippen LogP contribution in [0.4, 0.5) is 11.4 Å². The minimum atomic E-state index is -4.20. The van der Waals surface area contributed by atoms with Crippen LogP contribution in [0.15, 0.2) is 36.9 Å². The third-order valence-electron chi connectivity index (χ3n) is 5.91. The molecule has 3 aromatic rings. The van der Waals surface area contributed by atoms with Crippen molar-refractivity contribution in [1.29, 1.82) is 0 Å². The van der Waals surface area contributed by atoms with Crippen molar-refractivity contribution in [1.82, 2.24) is 24.0 Å². The molecule has 0 aliphatic rings. The molecule has 0 fully saturated rings. The molecule has 0 aliphatic carbocycles. The summed E-state index contributed by atoms with van der Waals surface area (Å²) in [7, 11) is 0.898. The minimum absolute atomic E-state index is 0.0396. The van der Waals surface area contributed by atoms with E-state index in [0.29, 0.717) is 42.1 Å². The molecule has 15 heteroatoms. The van der Waals surface area contributed by atoms with Crippen LogP contribution in [0, 0.1) is 0 Å². The van der Waals surface area contributed by atoms with E-state index in [2.05, 4.69) is 25.5 Å². The van der Waals surface area contributed by atoms with Crippen molar-refractivity contribution in [2.45, 2.75) is 32.6 Å². The van der Waals surface area contributed by atoms with Crippen LogP contribution in [0.1, 0.15) is 64.2 Å². The average Bonchev–Trinajstić information content (AvgIpc) is 3.58. The second kappa shape index (κ2) is 14.1. The molecule has 0 aromatic carbocycles. The van der Waals surface area contributed by atoms with Gasteiger partial charge in [0.25, 0.3) is 25.5 Å². The number of phosphoric acid groups is 1. The maximum atomic E-state index is 12.9. The van der Waals surface area contributed by atoms with Crippen molar-refractivity contribution in [2.75, 3.05) is 30.4 Å². The lowest BCUT2D eigenvalue weighted by Crippen LogP contribution is -2.26. The number of nitrogens with zero attached hydrogens (tertiary/aromatic N) is 4. The molecule has 14 nitrogen and oxygen atoms in total. The number of nitrogens with one attached hydrogen (secondary N) is 3.